The van der Waals surface area contributed by atoms with E-state index in [1.165, 1.54) is 21.9 Å². The first-order valence-corrected chi connectivity index (χ1v) is 8.73. The molecular weight excluding hydrogens is 312 g/mol. The Kier molecular flexibility index (Phi) is 5.11. The Morgan fingerprint density at radius 1 is 0.958 bits per heavy atom. The van der Waals surface area contributed by atoms with Gasteiger partial charge >= 0.3 is 0 Å². The largest absolute Gasteiger partial charge is 0.356 e. The van der Waals surface area contributed by atoms with Crippen LogP contribution < -0.4 is 10.6 Å². The van der Waals surface area contributed by atoms with E-state index >= 15 is 0 Å². The highest BCUT2D eigenvalue weighted by Gasteiger charge is 2.11. The second kappa shape index (κ2) is 7.45. The minimum atomic E-state index is 0.130. The third-order valence-electron chi connectivity index (χ3n) is 4.28. The van der Waals surface area contributed by atoms with Crippen molar-refractivity contribution in [1.29, 1.82) is 0 Å². The summed E-state index contributed by atoms with van der Waals surface area (Å²) in [6, 6.07) is 23.2. The number of aryl methyl sites for hydroxylation is 1. The van der Waals surface area contributed by atoms with E-state index in [2.05, 4.69) is 85.1 Å². The van der Waals surface area contributed by atoms with Crippen LogP contribution in [0.1, 0.15) is 31.0 Å². The van der Waals surface area contributed by atoms with Gasteiger partial charge in [-0.05, 0) is 53.5 Å². The molecule has 0 radical (unpaired) electrons. The smallest absolute Gasteiger partial charge is 0.171 e. The molecule has 0 bridgehead atoms. The lowest BCUT2D eigenvalue weighted by Crippen LogP contribution is -2.31. The fraction of sp³-hybridized carbons (Fsp3) is 0.190. The molecule has 0 fully saturated rings. The van der Waals surface area contributed by atoms with E-state index < -0.39 is 0 Å². The number of thiocarbonyl (C=S) groups is 1. The van der Waals surface area contributed by atoms with E-state index in [0.29, 0.717) is 5.11 Å². The molecule has 0 spiro atoms. The van der Waals surface area contributed by atoms with Crippen molar-refractivity contribution in [3.05, 3.63) is 77.9 Å². The minimum absolute atomic E-state index is 0.130. The average Bonchev–Trinajstić information content (AvgIpc) is 2.61. The van der Waals surface area contributed by atoms with Crippen LogP contribution in [-0.4, -0.2) is 5.11 Å². The number of hydrogen-bond acceptors (Lipinski definition) is 1. The van der Waals surface area contributed by atoms with Crippen molar-refractivity contribution < 1.29 is 0 Å². The number of hydrogen-bond donors (Lipinski definition) is 2. The van der Waals surface area contributed by atoms with Crippen LogP contribution in [0.15, 0.2) is 66.7 Å². The molecule has 1 atom stereocenters. The number of rotatable bonds is 4. The van der Waals surface area contributed by atoms with Crippen LogP contribution in [0.25, 0.3) is 10.8 Å². The first-order valence-electron chi connectivity index (χ1n) is 8.32. The molecule has 2 nitrogen and oxygen atoms in total. The second-order valence-corrected chi connectivity index (χ2v) is 6.31. The molecular formula is C21H22N2S. The Bertz CT molecular complexity index is 852. The van der Waals surface area contributed by atoms with Crippen LogP contribution in [-0.2, 0) is 6.42 Å². The Labute approximate surface area is 148 Å². The zero-order valence-corrected chi connectivity index (χ0v) is 14.9. The maximum absolute atomic E-state index is 5.52. The minimum Gasteiger partial charge on any atom is -0.356 e. The monoisotopic (exact) mass is 334 g/mol. The molecule has 0 saturated carbocycles. The van der Waals surface area contributed by atoms with Gasteiger partial charge in [-0.3, -0.25) is 0 Å². The third-order valence-corrected chi connectivity index (χ3v) is 4.50. The molecule has 0 aliphatic carbocycles. The molecule has 122 valence electrons. The van der Waals surface area contributed by atoms with Gasteiger partial charge in [0.1, 0.15) is 0 Å². The van der Waals surface area contributed by atoms with Crippen LogP contribution in [0.2, 0.25) is 0 Å². The fourth-order valence-corrected chi connectivity index (χ4v) is 3.30. The van der Waals surface area contributed by atoms with E-state index in [-0.39, 0.29) is 6.04 Å². The van der Waals surface area contributed by atoms with E-state index in [0.717, 1.165) is 12.1 Å². The molecule has 0 amide bonds. The molecule has 0 aliphatic rings. The van der Waals surface area contributed by atoms with Crippen LogP contribution >= 0.6 is 12.2 Å². The molecule has 2 N–H and O–H groups in total. The van der Waals surface area contributed by atoms with Gasteiger partial charge in [0.2, 0.25) is 0 Å². The predicted octanol–water partition coefficient (Wildman–Crippen LogP) is 5.45. The van der Waals surface area contributed by atoms with E-state index in [1.54, 1.807) is 0 Å². The Morgan fingerprint density at radius 2 is 1.67 bits per heavy atom. The summed E-state index contributed by atoms with van der Waals surface area (Å²) in [6.45, 7) is 4.29. The van der Waals surface area contributed by atoms with Crippen LogP contribution in [0.4, 0.5) is 5.69 Å². The number of anilines is 1. The molecule has 24 heavy (non-hydrogen) atoms. The van der Waals surface area contributed by atoms with Crippen LogP contribution in [0.5, 0.6) is 0 Å². The van der Waals surface area contributed by atoms with E-state index in [1.807, 2.05) is 6.07 Å². The van der Waals surface area contributed by atoms with E-state index in [9.17, 15) is 0 Å². The number of benzene rings is 3. The molecule has 3 rings (SSSR count). The SMILES string of the molecule is CCc1ccccc1NC(=S)N[C@@H](C)c1cccc2ccccc12. The number of fused-ring (bicyclic) bond motifs is 1. The molecule has 0 aromatic heterocycles. The van der Waals surface area contributed by atoms with Gasteiger partial charge in [0.25, 0.3) is 0 Å². The fourth-order valence-electron chi connectivity index (χ4n) is 3.01. The summed E-state index contributed by atoms with van der Waals surface area (Å²) in [7, 11) is 0. The van der Waals surface area contributed by atoms with Crippen molar-refractivity contribution >= 4 is 33.8 Å². The summed E-state index contributed by atoms with van der Waals surface area (Å²) in [5, 5.41) is 9.90. The van der Waals surface area contributed by atoms with Crippen LogP contribution in [0, 0.1) is 0 Å². The zero-order chi connectivity index (χ0) is 16.9. The molecule has 0 saturated heterocycles. The lowest BCUT2D eigenvalue weighted by atomic mass is 10.00. The van der Waals surface area contributed by atoms with Crippen LogP contribution in [0.3, 0.4) is 0 Å². The number of para-hydroxylation sites is 1. The molecule has 0 aliphatic heterocycles. The highest BCUT2D eigenvalue weighted by molar-refractivity contribution is 7.80. The Morgan fingerprint density at radius 3 is 2.50 bits per heavy atom. The standard InChI is InChI=1S/C21H22N2S/c1-3-16-9-5-7-14-20(16)23-21(24)22-15(2)18-13-8-11-17-10-4-6-12-19(17)18/h4-15H,3H2,1-2H3,(H2,22,23,24)/t15-/m0/s1. The van der Waals surface area contributed by atoms with Gasteiger partial charge in [-0.25, -0.2) is 0 Å². The highest BCUT2D eigenvalue weighted by Crippen LogP contribution is 2.24. The highest BCUT2D eigenvalue weighted by atomic mass is 32.1. The molecule has 3 aromatic carbocycles. The van der Waals surface area contributed by atoms with Gasteiger partial charge < -0.3 is 10.6 Å². The predicted molar refractivity (Wildman–Crippen MR) is 108 cm³/mol. The Balaban J connectivity index is 1.76. The van der Waals surface area contributed by atoms with Crippen molar-refractivity contribution in [3.8, 4) is 0 Å². The van der Waals surface area contributed by atoms with E-state index in [4.69, 9.17) is 12.2 Å². The first-order chi connectivity index (χ1) is 11.7. The van der Waals surface area contributed by atoms with Crippen molar-refractivity contribution in [2.75, 3.05) is 5.32 Å². The summed E-state index contributed by atoms with van der Waals surface area (Å²) in [5.74, 6) is 0. The molecule has 0 heterocycles. The molecule has 0 unspecified atom stereocenters. The maximum atomic E-state index is 5.52. The lowest BCUT2D eigenvalue weighted by molar-refractivity contribution is 0.729. The molecule has 3 aromatic rings. The maximum Gasteiger partial charge on any atom is 0.171 e. The van der Waals surface area contributed by atoms with Crippen molar-refractivity contribution in [1.82, 2.24) is 5.32 Å². The van der Waals surface area contributed by atoms with Gasteiger partial charge in [0.15, 0.2) is 5.11 Å². The van der Waals surface area contributed by atoms with Gasteiger partial charge in [-0.2, -0.15) is 0 Å². The van der Waals surface area contributed by atoms with Gasteiger partial charge in [0.05, 0.1) is 6.04 Å². The van der Waals surface area contributed by atoms with Gasteiger partial charge in [0, 0.05) is 5.69 Å². The first kappa shape index (κ1) is 16.5. The lowest BCUT2D eigenvalue weighted by Gasteiger charge is -2.20. The van der Waals surface area contributed by atoms with Crippen molar-refractivity contribution in [3.63, 3.8) is 0 Å². The molecule has 3 heteroatoms. The summed E-state index contributed by atoms with van der Waals surface area (Å²) in [6.07, 6.45) is 0.977. The van der Waals surface area contributed by atoms with Gasteiger partial charge in [-0.1, -0.05) is 67.6 Å². The second-order valence-electron chi connectivity index (χ2n) is 5.90. The summed E-state index contributed by atoms with van der Waals surface area (Å²) < 4.78 is 0. The topological polar surface area (TPSA) is 24.1 Å². The zero-order valence-electron chi connectivity index (χ0n) is 14.0. The number of nitrogens with one attached hydrogen (secondary N) is 2. The normalized spacial score (nSPS) is 11.9. The summed E-state index contributed by atoms with van der Waals surface area (Å²) in [4.78, 5) is 0. The Hall–Kier alpha value is -2.39. The third kappa shape index (κ3) is 3.57. The van der Waals surface area contributed by atoms with Crippen molar-refractivity contribution in [2.24, 2.45) is 0 Å². The average molecular weight is 334 g/mol. The quantitative estimate of drug-likeness (QED) is 0.620. The summed E-state index contributed by atoms with van der Waals surface area (Å²) in [5.41, 5.74) is 3.59. The van der Waals surface area contributed by atoms with Gasteiger partial charge in [-0.15, -0.1) is 0 Å². The summed E-state index contributed by atoms with van der Waals surface area (Å²) >= 11 is 5.52. The van der Waals surface area contributed by atoms with Crippen molar-refractivity contribution in [2.45, 2.75) is 26.3 Å².